The van der Waals surface area contributed by atoms with Crippen molar-refractivity contribution in [2.24, 2.45) is 0 Å². The molecule has 214 valence electrons. The number of halogens is 1. The molecule has 3 aromatic rings. The number of carbonyl (C=O) groups is 3. The summed E-state index contributed by atoms with van der Waals surface area (Å²) in [6.07, 6.45) is -1.29. The zero-order chi connectivity index (χ0) is 29.4. The molecule has 0 unspecified atom stereocenters. The fourth-order valence-electron chi connectivity index (χ4n) is 3.82. The molecule has 1 heterocycles. The second-order valence-corrected chi connectivity index (χ2v) is 9.08. The Bertz CT molecular complexity index is 1450. The predicted octanol–water partition coefficient (Wildman–Crippen LogP) is 4.47. The average Bonchev–Trinajstić information content (AvgIpc) is 2.87. The quantitative estimate of drug-likeness (QED) is 0.173. The van der Waals surface area contributed by atoms with Crippen LogP contribution in [-0.4, -0.2) is 42.8 Å². The first-order chi connectivity index (χ1) is 19.0. The Hall–Kier alpha value is -4.09. The molecule has 1 aromatic heterocycles. The van der Waals surface area contributed by atoms with Gasteiger partial charge in [-0.15, -0.1) is 0 Å². The van der Waals surface area contributed by atoms with E-state index in [9.17, 15) is 19.2 Å². The van der Waals surface area contributed by atoms with E-state index in [2.05, 4.69) is 0 Å². The second-order valence-electron chi connectivity index (χ2n) is 8.68. The number of hydrogen-bond donors (Lipinski definition) is 0. The lowest BCUT2D eigenvalue weighted by molar-refractivity contribution is -0.186. The average molecular weight is 576 g/mol. The Labute approximate surface area is 235 Å². The molecule has 0 saturated carbocycles. The Morgan fingerprint density at radius 2 is 1.65 bits per heavy atom. The summed E-state index contributed by atoms with van der Waals surface area (Å²) in [6, 6.07) is 10.2. The van der Waals surface area contributed by atoms with Crippen molar-refractivity contribution in [3.63, 3.8) is 0 Å². The Morgan fingerprint density at radius 1 is 0.950 bits per heavy atom. The van der Waals surface area contributed by atoms with Crippen LogP contribution in [0, 0.1) is 6.92 Å². The Kier molecular flexibility index (Phi) is 10.5. The standard InChI is InChI=1S/C28H30ClNO10/c1-16-7-9-23-21(13-16)26(38-17(2)31)25(28(39-18(3)32)40-19(4)33)27(34)30(23)15-36-11-6-12-37-24-10-8-20(35-5)14-22(24)29/h7-10,13-14,28H,6,11-12,15H2,1-5H3. The van der Waals surface area contributed by atoms with E-state index in [1.165, 1.54) is 4.57 Å². The number of carbonyl (C=O) groups excluding carboxylic acids is 3. The van der Waals surface area contributed by atoms with Gasteiger partial charge in [-0.05, 0) is 31.2 Å². The minimum Gasteiger partial charge on any atom is -0.497 e. The van der Waals surface area contributed by atoms with Crippen molar-refractivity contribution < 1.29 is 42.8 Å². The van der Waals surface area contributed by atoms with Gasteiger partial charge in [-0.3, -0.25) is 23.7 Å². The van der Waals surface area contributed by atoms with E-state index in [1.54, 1.807) is 43.5 Å². The first-order valence-corrected chi connectivity index (χ1v) is 12.6. The van der Waals surface area contributed by atoms with Gasteiger partial charge in [-0.1, -0.05) is 23.2 Å². The number of benzene rings is 2. The number of nitrogens with zero attached hydrogens (tertiary/aromatic N) is 1. The third kappa shape index (κ3) is 7.73. The fraction of sp³-hybridized carbons (Fsp3) is 0.357. The summed E-state index contributed by atoms with van der Waals surface area (Å²) in [5.41, 5.74) is 0.117. The van der Waals surface area contributed by atoms with Crippen LogP contribution < -0.4 is 19.8 Å². The second kappa shape index (κ2) is 13.8. The minimum absolute atomic E-state index is 0.176. The first-order valence-electron chi connectivity index (χ1n) is 12.3. The maximum atomic E-state index is 13.7. The minimum atomic E-state index is -1.75. The molecule has 40 heavy (non-hydrogen) atoms. The summed E-state index contributed by atoms with van der Waals surface area (Å²) in [5, 5.41) is 0.763. The molecule has 0 atom stereocenters. The molecule has 0 amide bonds. The lowest BCUT2D eigenvalue weighted by Crippen LogP contribution is -2.31. The van der Waals surface area contributed by atoms with Crippen molar-refractivity contribution >= 4 is 40.4 Å². The number of esters is 3. The zero-order valence-electron chi connectivity index (χ0n) is 22.8. The van der Waals surface area contributed by atoms with Crippen molar-refractivity contribution in [3.8, 4) is 17.2 Å². The molecule has 12 heteroatoms. The fourth-order valence-corrected chi connectivity index (χ4v) is 4.05. The highest BCUT2D eigenvalue weighted by molar-refractivity contribution is 6.32. The molecule has 11 nitrogen and oxygen atoms in total. The van der Waals surface area contributed by atoms with Gasteiger partial charge in [0.1, 0.15) is 23.8 Å². The van der Waals surface area contributed by atoms with E-state index in [4.69, 9.17) is 40.0 Å². The van der Waals surface area contributed by atoms with Crippen LogP contribution in [0.5, 0.6) is 17.2 Å². The van der Waals surface area contributed by atoms with Crippen LogP contribution in [-0.2, 0) is 35.3 Å². The number of aryl methyl sites for hydroxylation is 1. The molecule has 0 aliphatic rings. The summed E-state index contributed by atoms with van der Waals surface area (Å²) in [5.74, 6) is -1.43. The number of methoxy groups -OCH3 is 1. The van der Waals surface area contributed by atoms with Crippen LogP contribution >= 0.6 is 11.6 Å². The SMILES string of the molecule is COc1ccc(OCCCOCn2c(=O)c(C(OC(C)=O)OC(C)=O)c(OC(C)=O)c3cc(C)ccc32)c(Cl)c1. The summed E-state index contributed by atoms with van der Waals surface area (Å²) < 4.78 is 33.6. The van der Waals surface area contributed by atoms with E-state index in [-0.39, 0.29) is 24.7 Å². The summed E-state index contributed by atoms with van der Waals surface area (Å²) in [4.78, 5) is 49.3. The highest BCUT2D eigenvalue weighted by Gasteiger charge is 2.31. The Balaban J connectivity index is 1.90. The molecule has 0 aliphatic carbocycles. The number of ether oxygens (including phenoxy) is 6. The lowest BCUT2D eigenvalue weighted by atomic mass is 10.1. The van der Waals surface area contributed by atoms with Gasteiger partial charge in [0.2, 0.25) is 0 Å². The van der Waals surface area contributed by atoms with Crippen LogP contribution in [0.25, 0.3) is 10.9 Å². The van der Waals surface area contributed by atoms with Crippen molar-refractivity contribution in [2.75, 3.05) is 20.3 Å². The largest absolute Gasteiger partial charge is 0.497 e. The molecule has 0 aliphatic heterocycles. The number of aromatic nitrogens is 1. The smallest absolute Gasteiger partial charge is 0.308 e. The first kappa shape index (κ1) is 30.5. The lowest BCUT2D eigenvalue weighted by Gasteiger charge is -2.22. The normalized spacial score (nSPS) is 10.9. The van der Waals surface area contributed by atoms with Gasteiger partial charge in [0.05, 0.1) is 30.9 Å². The maximum Gasteiger partial charge on any atom is 0.308 e. The number of pyridine rings is 1. The van der Waals surface area contributed by atoms with E-state index >= 15 is 0 Å². The molecule has 0 N–H and O–H groups in total. The van der Waals surface area contributed by atoms with Crippen LogP contribution in [0.4, 0.5) is 0 Å². The maximum absolute atomic E-state index is 13.7. The van der Waals surface area contributed by atoms with E-state index in [1.807, 2.05) is 6.92 Å². The number of hydrogen-bond acceptors (Lipinski definition) is 10. The highest BCUT2D eigenvalue weighted by atomic mass is 35.5. The van der Waals surface area contributed by atoms with Crippen LogP contribution in [0.15, 0.2) is 41.2 Å². The highest BCUT2D eigenvalue weighted by Crippen LogP contribution is 2.34. The van der Waals surface area contributed by atoms with Crippen LogP contribution in [0.3, 0.4) is 0 Å². The van der Waals surface area contributed by atoms with Crippen molar-refractivity contribution in [1.29, 1.82) is 0 Å². The number of fused-ring (bicyclic) bond motifs is 1. The molecule has 0 spiro atoms. The summed E-state index contributed by atoms with van der Waals surface area (Å²) in [7, 11) is 1.54. The van der Waals surface area contributed by atoms with Crippen LogP contribution in [0.1, 0.15) is 44.6 Å². The molecule has 0 fully saturated rings. The van der Waals surface area contributed by atoms with Crippen molar-refractivity contribution in [2.45, 2.75) is 47.1 Å². The Morgan fingerprint density at radius 3 is 2.25 bits per heavy atom. The van der Waals surface area contributed by atoms with Gasteiger partial charge in [-0.25, -0.2) is 0 Å². The van der Waals surface area contributed by atoms with Gasteiger partial charge < -0.3 is 28.4 Å². The molecular weight excluding hydrogens is 546 g/mol. The topological polar surface area (TPSA) is 129 Å². The molecule has 2 aromatic carbocycles. The van der Waals surface area contributed by atoms with Gasteiger partial charge >= 0.3 is 17.9 Å². The summed E-state index contributed by atoms with van der Waals surface area (Å²) in [6.45, 7) is 5.46. The molecule has 0 bridgehead atoms. The van der Waals surface area contributed by atoms with E-state index in [0.29, 0.717) is 40.5 Å². The molecule has 0 saturated heterocycles. The van der Waals surface area contributed by atoms with Gasteiger partial charge in [0, 0.05) is 38.6 Å². The monoisotopic (exact) mass is 575 g/mol. The third-order valence-corrected chi connectivity index (χ3v) is 5.78. The van der Waals surface area contributed by atoms with E-state index in [0.717, 1.165) is 26.3 Å². The van der Waals surface area contributed by atoms with Crippen molar-refractivity contribution in [1.82, 2.24) is 4.57 Å². The van der Waals surface area contributed by atoms with Crippen molar-refractivity contribution in [3.05, 3.63) is 62.9 Å². The molecular formula is C28H30ClNO10. The zero-order valence-corrected chi connectivity index (χ0v) is 23.5. The summed E-state index contributed by atoms with van der Waals surface area (Å²) >= 11 is 6.19. The molecule has 0 radical (unpaired) electrons. The van der Waals surface area contributed by atoms with E-state index < -0.39 is 29.8 Å². The van der Waals surface area contributed by atoms with Crippen LogP contribution in [0.2, 0.25) is 5.02 Å². The van der Waals surface area contributed by atoms with Gasteiger partial charge in [0.25, 0.3) is 11.8 Å². The number of rotatable bonds is 12. The predicted molar refractivity (Wildman–Crippen MR) is 145 cm³/mol. The van der Waals surface area contributed by atoms with Gasteiger partial charge in [0.15, 0.2) is 5.75 Å². The van der Waals surface area contributed by atoms with Gasteiger partial charge in [-0.2, -0.15) is 0 Å². The third-order valence-electron chi connectivity index (χ3n) is 5.49. The molecule has 3 rings (SSSR count).